The number of aryl methyl sites for hydroxylation is 1. The fourth-order valence-electron chi connectivity index (χ4n) is 3.08. The molecule has 9 nitrogen and oxygen atoms in total. The van der Waals surface area contributed by atoms with E-state index < -0.39 is 0 Å². The molecule has 0 atom stereocenters. The molecule has 0 aromatic carbocycles. The number of aromatic nitrogens is 3. The lowest BCUT2D eigenvalue weighted by Gasteiger charge is -2.31. The second-order valence-electron chi connectivity index (χ2n) is 7.38. The van der Waals surface area contributed by atoms with Crippen molar-refractivity contribution in [2.45, 2.75) is 52.7 Å². The van der Waals surface area contributed by atoms with E-state index in [4.69, 9.17) is 18.9 Å². The monoisotopic (exact) mass is 416 g/mol. The molecular formula is C21H28N4O5. The number of carbonyl (C=O) groups excluding carboxylic acids is 1. The van der Waals surface area contributed by atoms with Crippen LogP contribution in [0.3, 0.4) is 0 Å². The fraction of sp³-hybridized carbons (Fsp3) is 0.524. The highest BCUT2D eigenvalue weighted by Gasteiger charge is 2.26. The van der Waals surface area contributed by atoms with E-state index in [-0.39, 0.29) is 18.3 Å². The highest BCUT2D eigenvalue weighted by Crippen LogP contribution is 2.30. The summed E-state index contributed by atoms with van der Waals surface area (Å²) in [5.41, 5.74) is 1.39. The molecule has 2 aromatic rings. The Morgan fingerprint density at radius 3 is 2.47 bits per heavy atom. The van der Waals surface area contributed by atoms with Crippen molar-refractivity contribution in [2.75, 3.05) is 20.2 Å². The Hall–Kier alpha value is -3.10. The highest BCUT2D eigenvalue weighted by atomic mass is 16.6. The zero-order valence-corrected chi connectivity index (χ0v) is 18.0. The van der Waals surface area contributed by atoms with E-state index in [1.165, 1.54) is 6.33 Å². The zero-order chi connectivity index (χ0) is 21.7. The van der Waals surface area contributed by atoms with Crippen LogP contribution in [0.2, 0.25) is 0 Å². The summed E-state index contributed by atoms with van der Waals surface area (Å²) in [6, 6.07) is 3.52. The smallest absolute Gasteiger partial charge is 0.410 e. The first kappa shape index (κ1) is 21.6. The van der Waals surface area contributed by atoms with Crippen LogP contribution in [-0.2, 0) is 4.74 Å². The molecule has 1 aliphatic rings. The van der Waals surface area contributed by atoms with Crippen molar-refractivity contribution < 1.29 is 23.7 Å². The second kappa shape index (κ2) is 9.60. The van der Waals surface area contributed by atoms with Gasteiger partial charge in [-0.05, 0) is 33.8 Å². The molecule has 2 aromatic heterocycles. The molecule has 162 valence electrons. The number of hydrogen-bond donors (Lipinski definition) is 0. The van der Waals surface area contributed by atoms with Gasteiger partial charge in [0.1, 0.15) is 12.4 Å². The molecule has 9 heteroatoms. The van der Waals surface area contributed by atoms with Gasteiger partial charge >= 0.3 is 6.09 Å². The predicted molar refractivity (Wildman–Crippen MR) is 109 cm³/mol. The summed E-state index contributed by atoms with van der Waals surface area (Å²) < 4.78 is 22.4. The molecule has 3 rings (SSSR count). The van der Waals surface area contributed by atoms with Crippen LogP contribution in [0.1, 0.15) is 37.9 Å². The van der Waals surface area contributed by atoms with Crippen LogP contribution in [0.15, 0.2) is 18.5 Å². The maximum Gasteiger partial charge on any atom is 0.410 e. The lowest BCUT2D eigenvalue weighted by molar-refractivity contribution is 0.0505. The molecule has 1 fully saturated rings. The van der Waals surface area contributed by atoms with E-state index in [9.17, 15) is 4.79 Å². The third-order valence-corrected chi connectivity index (χ3v) is 4.73. The Labute approximate surface area is 176 Å². The fourth-order valence-corrected chi connectivity index (χ4v) is 3.08. The minimum absolute atomic E-state index is 0.0426. The van der Waals surface area contributed by atoms with E-state index in [2.05, 4.69) is 15.0 Å². The Morgan fingerprint density at radius 1 is 1.13 bits per heavy atom. The zero-order valence-electron chi connectivity index (χ0n) is 18.0. The first-order chi connectivity index (χ1) is 14.4. The summed E-state index contributed by atoms with van der Waals surface area (Å²) in [5.74, 6) is 1.99. The molecule has 0 saturated carbocycles. The van der Waals surface area contributed by atoms with Crippen molar-refractivity contribution in [3.8, 4) is 23.4 Å². The number of amides is 1. The molecular weight excluding hydrogens is 388 g/mol. The average molecular weight is 416 g/mol. The number of pyridine rings is 1. The number of nitrogens with zero attached hydrogens (tertiary/aromatic N) is 4. The largest absolute Gasteiger partial charge is 0.481 e. The lowest BCUT2D eigenvalue weighted by atomic mass is 10.1. The predicted octanol–water partition coefficient (Wildman–Crippen LogP) is 3.68. The first-order valence-electron chi connectivity index (χ1n) is 10.0. The Balaban J connectivity index is 1.63. The lowest BCUT2D eigenvalue weighted by Crippen LogP contribution is -2.42. The number of ether oxygens (including phenoxy) is 4. The summed E-state index contributed by atoms with van der Waals surface area (Å²) in [6.07, 6.45) is 2.37. The van der Waals surface area contributed by atoms with E-state index in [1.807, 2.05) is 27.7 Å². The Morgan fingerprint density at radius 2 is 1.83 bits per heavy atom. The van der Waals surface area contributed by atoms with Gasteiger partial charge in [0.25, 0.3) is 0 Å². The molecule has 1 amide bonds. The molecule has 1 saturated heterocycles. The minimum Gasteiger partial charge on any atom is -0.481 e. The van der Waals surface area contributed by atoms with Gasteiger partial charge in [-0.15, -0.1) is 0 Å². The quantitative estimate of drug-likeness (QED) is 0.704. The first-order valence-corrected chi connectivity index (χ1v) is 10.0. The molecule has 0 unspecified atom stereocenters. The molecule has 0 spiro atoms. The van der Waals surface area contributed by atoms with Crippen molar-refractivity contribution in [3.63, 3.8) is 0 Å². The van der Waals surface area contributed by atoms with Gasteiger partial charge in [-0.1, -0.05) is 0 Å². The van der Waals surface area contributed by atoms with Crippen LogP contribution in [0.5, 0.6) is 23.4 Å². The van der Waals surface area contributed by atoms with Crippen molar-refractivity contribution in [1.82, 2.24) is 19.9 Å². The minimum atomic E-state index is -0.277. The number of likely N-dealkylation sites (tertiary alicyclic amines) is 1. The molecule has 0 radical (unpaired) electrons. The molecule has 0 N–H and O–H groups in total. The third kappa shape index (κ3) is 5.28. The number of piperidine rings is 1. The van der Waals surface area contributed by atoms with Crippen molar-refractivity contribution in [2.24, 2.45) is 0 Å². The molecule has 0 aliphatic carbocycles. The Kier molecular flexibility index (Phi) is 6.91. The van der Waals surface area contributed by atoms with Crippen LogP contribution >= 0.6 is 0 Å². The van der Waals surface area contributed by atoms with Crippen LogP contribution < -0.4 is 14.2 Å². The van der Waals surface area contributed by atoms with Gasteiger partial charge in [0, 0.05) is 32.0 Å². The van der Waals surface area contributed by atoms with Crippen molar-refractivity contribution in [3.05, 3.63) is 29.7 Å². The van der Waals surface area contributed by atoms with E-state index in [0.717, 1.165) is 0 Å². The van der Waals surface area contributed by atoms with Crippen LogP contribution in [0, 0.1) is 13.8 Å². The third-order valence-electron chi connectivity index (χ3n) is 4.73. The Bertz CT molecular complexity index is 882. The van der Waals surface area contributed by atoms with E-state index >= 15 is 0 Å². The van der Waals surface area contributed by atoms with Gasteiger partial charge in [0.05, 0.1) is 24.5 Å². The number of rotatable bonds is 6. The topological polar surface area (TPSA) is 95.9 Å². The SMILES string of the molecule is COc1ccc(Oc2ncnc(OC3CCN(C(=O)OC(C)C)CC3)c2C)c(C)n1. The van der Waals surface area contributed by atoms with Gasteiger partial charge in [-0.2, -0.15) is 0 Å². The number of carbonyl (C=O) groups is 1. The van der Waals surface area contributed by atoms with Gasteiger partial charge in [0.2, 0.25) is 17.6 Å². The summed E-state index contributed by atoms with van der Waals surface area (Å²) >= 11 is 0. The second-order valence-corrected chi connectivity index (χ2v) is 7.38. The maximum absolute atomic E-state index is 12.0. The summed E-state index contributed by atoms with van der Waals surface area (Å²) in [4.78, 5) is 26.5. The number of methoxy groups -OCH3 is 1. The van der Waals surface area contributed by atoms with Crippen molar-refractivity contribution >= 4 is 6.09 Å². The van der Waals surface area contributed by atoms with Crippen LogP contribution in [-0.4, -0.2) is 58.4 Å². The maximum atomic E-state index is 12.0. The summed E-state index contributed by atoms with van der Waals surface area (Å²) in [6.45, 7) is 8.54. The molecule has 30 heavy (non-hydrogen) atoms. The molecule has 1 aliphatic heterocycles. The van der Waals surface area contributed by atoms with Gasteiger partial charge in [-0.3, -0.25) is 0 Å². The average Bonchev–Trinajstić information content (AvgIpc) is 2.72. The normalized spacial score (nSPS) is 14.5. The van der Waals surface area contributed by atoms with E-state index in [0.29, 0.717) is 60.6 Å². The van der Waals surface area contributed by atoms with E-state index in [1.54, 1.807) is 24.1 Å². The summed E-state index contributed by atoms with van der Waals surface area (Å²) in [7, 11) is 1.57. The van der Waals surface area contributed by atoms with Gasteiger partial charge in [-0.25, -0.2) is 19.7 Å². The standard InChI is InChI=1S/C21H28N4O5/c1-13(2)28-21(26)25-10-8-16(9-11-25)29-19-14(3)20(23-12-22-19)30-17-6-7-18(27-5)24-15(17)4/h6-7,12-13,16H,8-11H2,1-5H3. The van der Waals surface area contributed by atoms with Crippen molar-refractivity contribution in [1.29, 1.82) is 0 Å². The number of hydrogen-bond acceptors (Lipinski definition) is 8. The highest BCUT2D eigenvalue weighted by molar-refractivity contribution is 5.67. The molecule has 3 heterocycles. The molecule has 0 bridgehead atoms. The van der Waals surface area contributed by atoms with Crippen LogP contribution in [0.25, 0.3) is 0 Å². The van der Waals surface area contributed by atoms with Gasteiger partial charge in [0.15, 0.2) is 5.75 Å². The van der Waals surface area contributed by atoms with Crippen LogP contribution in [0.4, 0.5) is 4.79 Å². The summed E-state index contributed by atoms with van der Waals surface area (Å²) in [5, 5.41) is 0. The van der Waals surface area contributed by atoms with Gasteiger partial charge < -0.3 is 23.8 Å².